The van der Waals surface area contributed by atoms with Crippen molar-refractivity contribution in [2.45, 2.75) is 71.6 Å². The molecule has 0 spiro atoms. The summed E-state index contributed by atoms with van der Waals surface area (Å²) in [6.07, 6.45) is 1.86. The first-order chi connectivity index (χ1) is 27.7. The molecule has 0 radical (unpaired) electrons. The van der Waals surface area contributed by atoms with Crippen LogP contribution in [0, 0.1) is 6.07 Å². The van der Waals surface area contributed by atoms with Crippen LogP contribution in [-0.4, -0.2) is 19.6 Å². The molecule has 3 aromatic heterocycles. The van der Waals surface area contributed by atoms with Crippen molar-refractivity contribution in [1.29, 1.82) is 0 Å². The van der Waals surface area contributed by atoms with Gasteiger partial charge in [-0.2, -0.15) is 0 Å². The molecule has 0 unspecified atom stereocenters. The minimum absolute atomic E-state index is 0. The van der Waals surface area contributed by atoms with Gasteiger partial charge in [0.1, 0.15) is 22.7 Å². The van der Waals surface area contributed by atoms with Crippen molar-refractivity contribution in [3.8, 4) is 45.2 Å². The fourth-order valence-electron chi connectivity index (χ4n) is 8.21. The third-order valence-electron chi connectivity index (χ3n) is 11.6. The van der Waals surface area contributed by atoms with Crippen molar-refractivity contribution < 1.29 is 30.6 Å². The van der Waals surface area contributed by atoms with Crippen molar-refractivity contribution in [3.05, 3.63) is 168 Å². The molecular formula is C53H48N3O2Pt-. The number of hydrogen-bond acceptors (Lipinski definition) is 4. The summed E-state index contributed by atoms with van der Waals surface area (Å²) in [5, 5.41) is 14.3. The number of hydrogen-bond donors (Lipinski definition) is 1. The van der Waals surface area contributed by atoms with Crippen LogP contribution in [0.5, 0.6) is 5.75 Å². The third kappa shape index (κ3) is 7.00. The van der Waals surface area contributed by atoms with Gasteiger partial charge in [-0.15, -0.1) is 29.3 Å². The molecule has 9 aromatic rings. The van der Waals surface area contributed by atoms with Gasteiger partial charge in [-0.25, -0.2) is 4.98 Å². The molecule has 0 fully saturated rings. The smallest absolute Gasteiger partial charge is 0.148 e. The van der Waals surface area contributed by atoms with Crippen LogP contribution in [0.2, 0.25) is 0 Å². The fourth-order valence-corrected chi connectivity index (χ4v) is 8.21. The van der Waals surface area contributed by atoms with Crippen LogP contribution in [0.1, 0.15) is 77.6 Å². The summed E-state index contributed by atoms with van der Waals surface area (Å²) < 4.78 is 8.72. The van der Waals surface area contributed by atoms with Gasteiger partial charge in [0.25, 0.3) is 0 Å². The second-order valence-corrected chi connectivity index (χ2v) is 18.0. The first-order valence-electron chi connectivity index (χ1n) is 20.1. The van der Waals surface area contributed by atoms with E-state index in [0.717, 1.165) is 77.7 Å². The first kappa shape index (κ1) is 40.0. The van der Waals surface area contributed by atoms with Gasteiger partial charge in [0.2, 0.25) is 0 Å². The van der Waals surface area contributed by atoms with E-state index in [1.54, 1.807) is 0 Å². The Hall–Kier alpha value is -5.77. The van der Waals surface area contributed by atoms with E-state index in [2.05, 4.69) is 157 Å². The van der Waals surface area contributed by atoms with Crippen LogP contribution in [0.4, 0.5) is 0 Å². The van der Waals surface area contributed by atoms with Crippen LogP contribution in [-0.2, 0) is 37.3 Å². The van der Waals surface area contributed by atoms with Gasteiger partial charge in [-0.1, -0.05) is 151 Å². The van der Waals surface area contributed by atoms with Crippen LogP contribution < -0.4 is 0 Å². The SMILES string of the molecule is CC(C)(C)c1cc(-c2nc3c(-c4[c-]c(-c5nccc6c5oc5ccccc56)cc(C(C)(C)c5ccccc5)c4)cccc3n2-c2ccccc2)c(O)c(C(C)(C)C)c1.[Pt]. The number of rotatable bonds is 6. The van der Waals surface area contributed by atoms with E-state index < -0.39 is 0 Å². The molecule has 1 N–H and O–H groups in total. The standard InChI is InChI=1S/C53H48N3O2.Pt/c1-51(2,3)36-31-42(48(57)43(32-36)52(4,5)6)50-55-47-39(23-17-24-44(47)56(50)38-20-13-10-14-21-38)33-28-34(30-37(29-33)53(7,8)35-18-11-9-12-19-35)46-49-41(26-27-54-46)40-22-15-16-25-45(40)58-49;/h9-27,29-32,57H,1-8H3;/q-1;. The molecule has 5 nitrogen and oxygen atoms in total. The van der Waals surface area contributed by atoms with Crippen LogP contribution in [0.3, 0.4) is 0 Å². The Kier molecular flexibility index (Phi) is 10.0. The fraction of sp³-hybridized carbons (Fsp3) is 0.208. The number of phenols is 1. The van der Waals surface area contributed by atoms with E-state index >= 15 is 0 Å². The summed E-state index contributed by atoms with van der Waals surface area (Å²) in [7, 11) is 0. The summed E-state index contributed by atoms with van der Waals surface area (Å²) in [6.45, 7) is 17.6. The second-order valence-electron chi connectivity index (χ2n) is 18.0. The summed E-state index contributed by atoms with van der Waals surface area (Å²) in [5.74, 6) is 0.928. The third-order valence-corrected chi connectivity index (χ3v) is 11.6. The molecule has 0 amide bonds. The van der Waals surface area contributed by atoms with Crippen molar-refractivity contribution >= 4 is 33.0 Å². The number of benzene rings is 6. The van der Waals surface area contributed by atoms with Crippen molar-refractivity contribution in [3.63, 3.8) is 0 Å². The van der Waals surface area contributed by atoms with Gasteiger partial charge in [-0.05, 0) is 58.4 Å². The molecule has 0 saturated heterocycles. The summed E-state index contributed by atoms with van der Waals surface area (Å²) >= 11 is 0. The minimum Gasteiger partial charge on any atom is -0.507 e. The van der Waals surface area contributed by atoms with Crippen LogP contribution in [0.25, 0.3) is 72.4 Å². The molecule has 0 bridgehead atoms. The Morgan fingerprint density at radius 2 is 1.29 bits per heavy atom. The van der Waals surface area contributed by atoms with Gasteiger partial charge >= 0.3 is 0 Å². The summed E-state index contributed by atoms with van der Waals surface area (Å²) in [4.78, 5) is 10.5. The number of imidazole rings is 1. The minimum atomic E-state index is -0.368. The molecule has 0 aliphatic heterocycles. The van der Waals surface area contributed by atoms with Crippen molar-refractivity contribution in [1.82, 2.24) is 14.5 Å². The van der Waals surface area contributed by atoms with E-state index in [0.29, 0.717) is 11.4 Å². The quantitative estimate of drug-likeness (QED) is 0.169. The zero-order valence-electron chi connectivity index (χ0n) is 34.8. The molecule has 9 rings (SSSR count). The van der Waals surface area contributed by atoms with E-state index in [-0.39, 0.29) is 43.1 Å². The number of pyridine rings is 1. The van der Waals surface area contributed by atoms with E-state index in [1.165, 1.54) is 5.56 Å². The van der Waals surface area contributed by atoms with Gasteiger partial charge in [0, 0.05) is 60.4 Å². The summed E-state index contributed by atoms with van der Waals surface area (Å²) in [6, 6.07) is 50.0. The molecule has 3 heterocycles. The van der Waals surface area contributed by atoms with Gasteiger partial charge in [0.05, 0.1) is 16.6 Å². The predicted octanol–water partition coefficient (Wildman–Crippen LogP) is 13.7. The maximum absolute atomic E-state index is 12.2. The molecule has 59 heavy (non-hydrogen) atoms. The average molecular weight is 954 g/mol. The van der Waals surface area contributed by atoms with E-state index in [9.17, 15) is 5.11 Å². The van der Waals surface area contributed by atoms with Gasteiger partial charge < -0.3 is 9.52 Å². The van der Waals surface area contributed by atoms with Crippen molar-refractivity contribution in [2.75, 3.05) is 0 Å². The zero-order chi connectivity index (χ0) is 40.6. The molecule has 0 aliphatic rings. The Bertz CT molecular complexity index is 3000. The molecule has 6 heteroatoms. The molecule has 0 aliphatic carbocycles. The Morgan fingerprint density at radius 1 is 0.610 bits per heavy atom. The van der Waals surface area contributed by atoms with Crippen LogP contribution >= 0.6 is 0 Å². The number of aromatic nitrogens is 3. The normalized spacial score (nSPS) is 12.3. The first-order valence-corrected chi connectivity index (χ1v) is 20.1. The number of para-hydroxylation sites is 3. The molecular weight excluding hydrogens is 906 g/mol. The van der Waals surface area contributed by atoms with Crippen LogP contribution in [0.15, 0.2) is 144 Å². The monoisotopic (exact) mass is 953 g/mol. The maximum Gasteiger partial charge on any atom is 0.148 e. The Morgan fingerprint density at radius 3 is 2.00 bits per heavy atom. The molecule has 0 saturated carbocycles. The van der Waals surface area contributed by atoms with E-state index in [1.807, 2.05) is 48.7 Å². The van der Waals surface area contributed by atoms with Gasteiger partial charge in [-0.3, -0.25) is 9.55 Å². The molecule has 298 valence electrons. The average Bonchev–Trinajstić information content (AvgIpc) is 3.79. The van der Waals surface area contributed by atoms with Gasteiger partial charge in [0.15, 0.2) is 0 Å². The van der Waals surface area contributed by atoms with Crippen molar-refractivity contribution in [2.24, 2.45) is 0 Å². The van der Waals surface area contributed by atoms with E-state index in [4.69, 9.17) is 14.4 Å². The number of fused-ring (bicyclic) bond motifs is 4. The predicted molar refractivity (Wildman–Crippen MR) is 239 cm³/mol. The Labute approximate surface area is 361 Å². The summed E-state index contributed by atoms with van der Waals surface area (Å²) in [5.41, 5.74) is 11.9. The maximum atomic E-state index is 12.2. The largest absolute Gasteiger partial charge is 0.507 e. The zero-order valence-corrected chi connectivity index (χ0v) is 37.1. The molecule has 0 atom stereocenters. The number of aromatic hydroxyl groups is 1. The number of furan rings is 1. The Balaban J connectivity index is 0.00000484. The number of nitrogens with zero attached hydrogens (tertiary/aromatic N) is 3. The number of phenolic OH excluding ortho intramolecular Hbond substituents is 1. The molecule has 6 aromatic carbocycles. The second kappa shape index (κ2) is 14.8. The topological polar surface area (TPSA) is 64.1 Å².